The number of ether oxygens (including phenoxy) is 1. The third kappa shape index (κ3) is 6.38. The fraction of sp³-hybridized carbons (Fsp3) is 0.273. The van der Waals surface area contributed by atoms with Crippen molar-refractivity contribution < 1.29 is 32.4 Å². The van der Waals surface area contributed by atoms with Gasteiger partial charge in [0.1, 0.15) is 6.73 Å². The average molecular weight is 302 g/mol. The lowest BCUT2D eigenvalue weighted by Crippen LogP contribution is -2.18. The Bertz CT molecular complexity index is 488. The van der Waals surface area contributed by atoms with E-state index < -0.39 is 29.9 Å². The first-order chi connectivity index (χ1) is 9.49. The van der Waals surface area contributed by atoms with E-state index in [1.807, 2.05) is 0 Å². The number of aliphatic carboxylic acids is 1. The van der Waals surface area contributed by atoms with Gasteiger partial charge in [0.25, 0.3) is 0 Å². The molecular formula is C11H12NO7S-. The Kier molecular flexibility index (Phi) is 6.81. The summed E-state index contributed by atoms with van der Waals surface area (Å²) < 4.78 is 28.9. The van der Waals surface area contributed by atoms with Gasteiger partial charge in [-0.05, 0) is 17.7 Å². The van der Waals surface area contributed by atoms with Crippen molar-refractivity contribution in [3.63, 3.8) is 0 Å². The van der Waals surface area contributed by atoms with Crippen molar-refractivity contribution in [1.29, 1.82) is 0 Å². The highest BCUT2D eigenvalue weighted by atomic mass is 32.2. The molecule has 0 saturated heterocycles. The fourth-order valence-corrected chi connectivity index (χ4v) is 1.43. The maximum absolute atomic E-state index is 11.4. The minimum atomic E-state index is -2.56. The predicted molar refractivity (Wildman–Crippen MR) is 66.1 cm³/mol. The molecule has 2 N–H and O–H groups in total. The Labute approximate surface area is 117 Å². The number of hydrogen-bond donors (Lipinski definition) is 2. The average Bonchev–Trinajstić information content (AvgIpc) is 2.41. The number of rotatable bonds is 8. The molecule has 20 heavy (non-hydrogen) atoms. The van der Waals surface area contributed by atoms with Crippen molar-refractivity contribution in [2.24, 2.45) is 0 Å². The van der Waals surface area contributed by atoms with E-state index in [9.17, 15) is 18.4 Å². The van der Waals surface area contributed by atoms with E-state index >= 15 is 0 Å². The topological polar surface area (TPSA) is 125 Å². The van der Waals surface area contributed by atoms with Crippen LogP contribution in [0.5, 0.6) is 0 Å². The highest BCUT2D eigenvalue weighted by Gasteiger charge is 2.08. The molecular weight excluding hydrogens is 290 g/mol. The number of esters is 1. The lowest BCUT2D eigenvalue weighted by molar-refractivity contribution is -0.140. The van der Waals surface area contributed by atoms with Crippen LogP contribution in [0.15, 0.2) is 24.3 Å². The van der Waals surface area contributed by atoms with Crippen LogP contribution in [0.1, 0.15) is 15.9 Å². The van der Waals surface area contributed by atoms with Gasteiger partial charge in [0.2, 0.25) is 0 Å². The highest BCUT2D eigenvalue weighted by molar-refractivity contribution is 7.74. The van der Waals surface area contributed by atoms with E-state index in [0.717, 1.165) is 5.56 Å². The molecule has 0 saturated carbocycles. The minimum absolute atomic E-state index is 0.154. The van der Waals surface area contributed by atoms with Gasteiger partial charge in [-0.3, -0.25) is 9.50 Å². The maximum atomic E-state index is 11.4. The fourth-order valence-electron chi connectivity index (χ4n) is 1.25. The lowest BCUT2D eigenvalue weighted by Gasteiger charge is -2.08. The van der Waals surface area contributed by atoms with Crippen LogP contribution in [0, 0.1) is 0 Å². The van der Waals surface area contributed by atoms with Gasteiger partial charge in [-0.25, -0.2) is 13.8 Å². The van der Waals surface area contributed by atoms with Gasteiger partial charge in [0.15, 0.2) is 6.61 Å². The summed E-state index contributed by atoms with van der Waals surface area (Å²) in [6, 6.07) is 6.21. The van der Waals surface area contributed by atoms with Crippen molar-refractivity contribution >= 4 is 23.3 Å². The Morgan fingerprint density at radius 3 is 2.50 bits per heavy atom. The molecule has 1 atom stereocenters. The predicted octanol–water partition coefficient (Wildman–Crippen LogP) is -0.214. The zero-order valence-electron chi connectivity index (χ0n) is 10.2. The van der Waals surface area contributed by atoms with Crippen LogP contribution in [0.3, 0.4) is 0 Å². The first kappa shape index (κ1) is 16.2. The smallest absolute Gasteiger partial charge is 0.341 e. The zero-order valence-corrected chi connectivity index (χ0v) is 11.1. The van der Waals surface area contributed by atoms with Gasteiger partial charge in [-0.15, -0.1) is 0 Å². The van der Waals surface area contributed by atoms with E-state index in [1.54, 1.807) is 12.1 Å². The summed E-state index contributed by atoms with van der Waals surface area (Å²) in [6.07, 6.45) is 0. The molecule has 0 heterocycles. The van der Waals surface area contributed by atoms with Gasteiger partial charge < -0.3 is 14.4 Å². The molecule has 1 unspecified atom stereocenters. The summed E-state index contributed by atoms with van der Waals surface area (Å²) in [4.78, 5) is 21.6. The van der Waals surface area contributed by atoms with Gasteiger partial charge >= 0.3 is 11.9 Å². The molecule has 1 aromatic rings. The SMILES string of the molecule is O=C(O)COC(=O)c1ccc(CNCOS(=O)[O-])cc1. The molecule has 0 amide bonds. The van der Waals surface area contributed by atoms with E-state index in [0.29, 0.717) is 6.54 Å². The Morgan fingerprint density at radius 2 is 1.95 bits per heavy atom. The molecule has 0 aromatic heterocycles. The van der Waals surface area contributed by atoms with Crippen LogP contribution >= 0.6 is 0 Å². The van der Waals surface area contributed by atoms with Crippen LogP contribution in [-0.4, -0.2) is 39.1 Å². The number of hydrogen-bond acceptors (Lipinski definition) is 7. The maximum Gasteiger partial charge on any atom is 0.341 e. The van der Waals surface area contributed by atoms with E-state index in [-0.39, 0.29) is 12.3 Å². The summed E-state index contributed by atoms with van der Waals surface area (Å²) in [7, 11) is 0. The summed E-state index contributed by atoms with van der Waals surface area (Å²) >= 11 is -2.56. The second kappa shape index (κ2) is 8.38. The zero-order chi connectivity index (χ0) is 15.0. The summed E-state index contributed by atoms with van der Waals surface area (Å²) in [5.41, 5.74) is 1.02. The molecule has 0 aliphatic rings. The van der Waals surface area contributed by atoms with Crippen LogP contribution in [0.4, 0.5) is 0 Å². The molecule has 0 bridgehead atoms. The van der Waals surface area contributed by atoms with Crippen molar-refractivity contribution in [1.82, 2.24) is 5.32 Å². The van der Waals surface area contributed by atoms with Crippen molar-refractivity contribution in [3.05, 3.63) is 35.4 Å². The standard InChI is InChI=1S/C11H13NO7S/c13-10(14)6-18-11(15)9-3-1-8(2-4-9)5-12-7-19-20(16)17/h1-4,12H,5-7H2,(H,13,14)(H,16,17)/p-1. The first-order valence-corrected chi connectivity index (χ1v) is 6.40. The molecule has 0 aliphatic carbocycles. The van der Waals surface area contributed by atoms with Crippen molar-refractivity contribution in [3.8, 4) is 0 Å². The summed E-state index contributed by atoms with van der Waals surface area (Å²) in [5, 5.41) is 11.1. The molecule has 1 aromatic carbocycles. The quantitative estimate of drug-likeness (QED) is 0.292. The highest BCUT2D eigenvalue weighted by Crippen LogP contribution is 2.06. The lowest BCUT2D eigenvalue weighted by atomic mass is 10.1. The monoisotopic (exact) mass is 302 g/mol. The first-order valence-electron chi connectivity index (χ1n) is 5.40. The van der Waals surface area contributed by atoms with Crippen LogP contribution in [0.25, 0.3) is 0 Å². The van der Waals surface area contributed by atoms with Gasteiger partial charge in [-0.2, -0.15) is 0 Å². The number of nitrogens with one attached hydrogen (secondary N) is 1. The molecule has 0 fully saturated rings. The van der Waals surface area contributed by atoms with E-state index in [4.69, 9.17) is 5.11 Å². The van der Waals surface area contributed by atoms with Crippen LogP contribution in [0.2, 0.25) is 0 Å². The summed E-state index contributed by atoms with van der Waals surface area (Å²) in [6.45, 7) is -0.494. The molecule has 0 radical (unpaired) electrons. The van der Waals surface area contributed by atoms with Crippen LogP contribution in [-0.2, 0) is 31.6 Å². The van der Waals surface area contributed by atoms with Gasteiger partial charge in [-0.1, -0.05) is 12.1 Å². The Hall–Kier alpha value is -1.81. The van der Waals surface area contributed by atoms with Crippen LogP contribution < -0.4 is 5.32 Å². The van der Waals surface area contributed by atoms with Gasteiger partial charge in [0, 0.05) is 6.54 Å². The number of carbonyl (C=O) groups is 2. The Morgan fingerprint density at radius 1 is 1.30 bits per heavy atom. The third-order valence-electron chi connectivity index (χ3n) is 2.10. The molecule has 110 valence electrons. The number of carboxylic acid groups (broad SMARTS) is 1. The molecule has 1 rings (SSSR count). The third-order valence-corrected chi connectivity index (χ3v) is 2.41. The minimum Gasteiger partial charge on any atom is -0.750 e. The van der Waals surface area contributed by atoms with E-state index in [2.05, 4.69) is 14.2 Å². The Balaban J connectivity index is 2.41. The molecule has 0 spiro atoms. The summed E-state index contributed by atoms with van der Waals surface area (Å²) in [5.74, 6) is -1.95. The largest absolute Gasteiger partial charge is 0.750 e. The van der Waals surface area contributed by atoms with Gasteiger partial charge in [0.05, 0.1) is 16.9 Å². The van der Waals surface area contributed by atoms with Crippen molar-refractivity contribution in [2.75, 3.05) is 13.3 Å². The number of benzene rings is 1. The second-order valence-electron chi connectivity index (χ2n) is 3.56. The number of carboxylic acids is 1. The molecule has 8 nitrogen and oxygen atoms in total. The normalized spacial score (nSPS) is 11.8. The number of carbonyl (C=O) groups excluding carboxylic acids is 1. The van der Waals surface area contributed by atoms with Crippen molar-refractivity contribution in [2.45, 2.75) is 6.54 Å². The molecule has 9 heteroatoms. The second-order valence-corrected chi connectivity index (χ2v) is 4.20. The van der Waals surface area contributed by atoms with E-state index in [1.165, 1.54) is 12.1 Å². The molecule has 0 aliphatic heterocycles.